The molecule has 1 N–H and O–H groups in total. The topological polar surface area (TPSA) is 77.5 Å². The van der Waals surface area contributed by atoms with Crippen LogP contribution in [0, 0.1) is 6.92 Å². The summed E-state index contributed by atoms with van der Waals surface area (Å²) < 4.78 is 10.3. The number of hydrogen-bond donors (Lipinski definition) is 1. The molecule has 108 valence electrons. The van der Waals surface area contributed by atoms with Crippen molar-refractivity contribution in [3.63, 3.8) is 0 Å². The predicted molar refractivity (Wildman–Crippen MR) is 71.2 cm³/mol. The minimum atomic E-state index is -0.551. The SMILES string of the molecule is Cc1ccc(C(=O)OCC(=O)NCC2CCCO2)cn1. The van der Waals surface area contributed by atoms with Gasteiger partial charge in [0, 0.05) is 25.0 Å². The molecule has 1 aromatic rings. The largest absolute Gasteiger partial charge is 0.452 e. The highest BCUT2D eigenvalue weighted by Gasteiger charge is 2.16. The predicted octanol–water partition coefficient (Wildman–Crippen LogP) is 0.842. The van der Waals surface area contributed by atoms with E-state index in [1.54, 1.807) is 12.1 Å². The van der Waals surface area contributed by atoms with Gasteiger partial charge in [-0.05, 0) is 31.9 Å². The van der Waals surface area contributed by atoms with Gasteiger partial charge in [-0.25, -0.2) is 4.79 Å². The zero-order valence-electron chi connectivity index (χ0n) is 11.4. The molecule has 1 aliphatic heterocycles. The van der Waals surface area contributed by atoms with Gasteiger partial charge < -0.3 is 14.8 Å². The Labute approximate surface area is 117 Å². The van der Waals surface area contributed by atoms with E-state index in [0.29, 0.717) is 12.1 Å². The van der Waals surface area contributed by atoms with Gasteiger partial charge in [0.1, 0.15) is 0 Å². The van der Waals surface area contributed by atoms with E-state index < -0.39 is 5.97 Å². The van der Waals surface area contributed by atoms with E-state index in [2.05, 4.69) is 10.3 Å². The fraction of sp³-hybridized carbons (Fsp3) is 0.500. The van der Waals surface area contributed by atoms with Crippen LogP contribution in [-0.4, -0.2) is 42.7 Å². The number of carbonyl (C=O) groups excluding carboxylic acids is 2. The lowest BCUT2D eigenvalue weighted by Crippen LogP contribution is -2.34. The fourth-order valence-corrected chi connectivity index (χ4v) is 1.89. The van der Waals surface area contributed by atoms with Crippen molar-refractivity contribution >= 4 is 11.9 Å². The molecule has 1 saturated heterocycles. The first-order chi connectivity index (χ1) is 9.65. The average molecular weight is 278 g/mol. The Bertz CT molecular complexity index is 467. The first kappa shape index (κ1) is 14.5. The van der Waals surface area contributed by atoms with Crippen LogP contribution in [0.4, 0.5) is 0 Å². The molecule has 1 fully saturated rings. The van der Waals surface area contributed by atoms with Gasteiger partial charge in [0.15, 0.2) is 6.61 Å². The number of rotatable bonds is 5. The van der Waals surface area contributed by atoms with Crippen molar-refractivity contribution in [1.29, 1.82) is 0 Å². The number of pyridine rings is 1. The number of esters is 1. The van der Waals surface area contributed by atoms with Gasteiger partial charge in [0.2, 0.25) is 0 Å². The van der Waals surface area contributed by atoms with Crippen LogP contribution in [-0.2, 0) is 14.3 Å². The van der Waals surface area contributed by atoms with Crippen molar-refractivity contribution in [2.45, 2.75) is 25.9 Å². The Balaban J connectivity index is 1.69. The van der Waals surface area contributed by atoms with E-state index in [1.807, 2.05) is 6.92 Å². The summed E-state index contributed by atoms with van der Waals surface area (Å²) in [5.41, 5.74) is 1.15. The molecule has 0 radical (unpaired) electrons. The Kier molecular flexibility index (Phi) is 5.06. The second-order valence-electron chi connectivity index (χ2n) is 4.70. The molecule has 0 aliphatic carbocycles. The monoisotopic (exact) mass is 278 g/mol. The van der Waals surface area contributed by atoms with Gasteiger partial charge in [-0.3, -0.25) is 9.78 Å². The molecular formula is C14H18N2O4. The van der Waals surface area contributed by atoms with Crippen LogP contribution in [0.1, 0.15) is 28.9 Å². The Morgan fingerprint density at radius 1 is 1.50 bits per heavy atom. The molecule has 6 heteroatoms. The maximum Gasteiger partial charge on any atom is 0.340 e. The minimum absolute atomic E-state index is 0.0796. The lowest BCUT2D eigenvalue weighted by atomic mass is 10.2. The summed E-state index contributed by atoms with van der Waals surface area (Å²) in [7, 11) is 0. The summed E-state index contributed by atoms with van der Waals surface area (Å²) in [5, 5.41) is 2.68. The van der Waals surface area contributed by atoms with Crippen LogP contribution in [0.3, 0.4) is 0 Å². The standard InChI is InChI=1S/C14H18N2O4/c1-10-4-5-11(7-15-10)14(18)20-9-13(17)16-8-12-3-2-6-19-12/h4-5,7,12H,2-3,6,8-9H2,1H3,(H,16,17). The quantitative estimate of drug-likeness (QED) is 0.808. The van der Waals surface area contributed by atoms with E-state index in [0.717, 1.165) is 25.1 Å². The molecule has 2 heterocycles. The highest BCUT2D eigenvalue weighted by molar-refractivity contribution is 5.90. The Hall–Kier alpha value is -1.95. The normalized spacial score (nSPS) is 17.8. The number of nitrogens with one attached hydrogen (secondary N) is 1. The molecule has 0 bridgehead atoms. The summed E-state index contributed by atoms with van der Waals surface area (Å²) in [6.45, 7) is 2.74. The zero-order valence-corrected chi connectivity index (χ0v) is 11.4. The second kappa shape index (κ2) is 7.00. The van der Waals surface area contributed by atoms with Crippen LogP contribution in [0.5, 0.6) is 0 Å². The lowest BCUT2D eigenvalue weighted by Gasteiger charge is -2.10. The summed E-state index contributed by atoms with van der Waals surface area (Å²) in [4.78, 5) is 27.2. The van der Waals surface area contributed by atoms with Crippen LogP contribution in [0.15, 0.2) is 18.3 Å². The number of nitrogens with zero attached hydrogens (tertiary/aromatic N) is 1. The van der Waals surface area contributed by atoms with Crippen molar-refractivity contribution in [2.24, 2.45) is 0 Å². The fourth-order valence-electron chi connectivity index (χ4n) is 1.89. The first-order valence-corrected chi connectivity index (χ1v) is 6.63. The molecule has 0 spiro atoms. The van der Waals surface area contributed by atoms with E-state index >= 15 is 0 Å². The minimum Gasteiger partial charge on any atom is -0.452 e. The Morgan fingerprint density at radius 3 is 3.00 bits per heavy atom. The van der Waals surface area contributed by atoms with Gasteiger partial charge >= 0.3 is 5.97 Å². The zero-order chi connectivity index (χ0) is 14.4. The van der Waals surface area contributed by atoms with E-state index in [-0.39, 0.29) is 18.6 Å². The van der Waals surface area contributed by atoms with Crippen LogP contribution in [0.25, 0.3) is 0 Å². The molecule has 1 aliphatic rings. The molecule has 1 unspecified atom stereocenters. The average Bonchev–Trinajstić information content (AvgIpc) is 2.96. The van der Waals surface area contributed by atoms with Gasteiger partial charge in [0.25, 0.3) is 5.91 Å². The smallest absolute Gasteiger partial charge is 0.340 e. The maximum absolute atomic E-state index is 11.7. The van der Waals surface area contributed by atoms with Crippen LogP contribution >= 0.6 is 0 Å². The van der Waals surface area contributed by atoms with Gasteiger partial charge in [-0.1, -0.05) is 0 Å². The van der Waals surface area contributed by atoms with E-state index in [1.165, 1.54) is 6.20 Å². The molecule has 0 aromatic carbocycles. The van der Waals surface area contributed by atoms with Gasteiger partial charge in [0.05, 0.1) is 11.7 Å². The lowest BCUT2D eigenvalue weighted by molar-refractivity contribution is -0.124. The van der Waals surface area contributed by atoms with Crippen LogP contribution in [0.2, 0.25) is 0 Å². The summed E-state index contributed by atoms with van der Waals surface area (Å²) in [6.07, 6.45) is 3.49. The molecule has 20 heavy (non-hydrogen) atoms. The van der Waals surface area contributed by atoms with Crippen molar-refractivity contribution in [1.82, 2.24) is 10.3 Å². The van der Waals surface area contributed by atoms with Gasteiger partial charge in [-0.2, -0.15) is 0 Å². The highest BCUT2D eigenvalue weighted by Crippen LogP contribution is 2.10. The number of aryl methyl sites for hydroxylation is 1. The number of amides is 1. The number of hydrogen-bond acceptors (Lipinski definition) is 5. The summed E-state index contributed by atoms with van der Waals surface area (Å²) >= 11 is 0. The molecular weight excluding hydrogens is 260 g/mol. The maximum atomic E-state index is 11.7. The third-order valence-electron chi connectivity index (χ3n) is 3.03. The van der Waals surface area contributed by atoms with Crippen molar-refractivity contribution in [3.8, 4) is 0 Å². The third-order valence-corrected chi connectivity index (χ3v) is 3.03. The van der Waals surface area contributed by atoms with E-state index in [4.69, 9.17) is 9.47 Å². The third kappa shape index (κ3) is 4.31. The number of aromatic nitrogens is 1. The molecule has 1 aromatic heterocycles. The van der Waals surface area contributed by atoms with Crippen molar-refractivity contribution in [2.75, 3.05) is 19.8 Å². The molecule has 6 nitrogen and oxygen atoms in total. The summed E-state index contributed by atoms with van der Waals surface area (Å²) in [5.74, 6) is -0.876. The summed E-state index contributed by atoms with van der Waals surface area (Å²) in [6, 6.07) is 3.34. The molecule has 1 amide bonds. The van der Waals surface area contributed by atoms with Crippen molar-refractivity contribution in [3.05, 3.63) is 29.6 Å². The number of ether oxygens (including phenoxy) is 2. The molecule has 2 rings (SSSR count). The van der Waals surface area contributed by atoms with Gasteiger partial charge in [-0.15, -0.1) is 0 Å². The van der Waals surface area contributed by atoms with E-state index in [9.17, 15) is 9.59 Å². The molecule has 1 atom stereocenters. The van der Waals surface area contributed by atoms with Crippen molar-refractivity contribution < 1.29 is 19.1 Å². The van der Waals surface area contributed by atoms with Crippen LogP contribution < -0.4 is 5.32 Å². The number of carbonyl (C=O) groups is 2. The Morgan fingerprint density at radius 2 is 2.35 bits per heavy atom. The second-order valence-corrected chi connectivity index (χ2v) is 4.70. The molecule has 0 saturated carbocycles. The highest BCUT2D eigenvalue weighted by atomic mass is 16.5. The first-order valence-electron chi connectivity index (χ1n) is 6.63.